The summed E-state index contributed by atoms with van der Waals surface area (Å²) in [6, 6.07) is 10.5. The Kier molecular flexibility index (Phi) is 7.86. The Morgan fingerprint density at radius 1 is 1.24 bits per heavy atom. The number of anilines is 1. The van der Waals surface area contributed by atoms with E-state index < -0.39 is 5.54 Å². The highest BCUT2D eigenvalue weighted by atomic mass is 32.2. The van der Waals surface area contributed by atoms with Gasteiger partial charge in [0.1, 0.15) is 0 Å². The second-order valence-electron chi connectivity index (χ2n) is 7.97. The van der Waals surface area contributed by atoms with E-state index in [2.05, 4.69) is 52.3 Å². The standard InChI is InChI=1S/C22H32N4OS2/c1-4-5-9-12-23-21-24-18-13-26(28-15-17-10-7-6-8-11-17)14-19(20(18)29-21)25-22(2,3)16-27/h6-8,10-11,14,25,27H,4-5,9,12-13,15-16H2,1-3H3,(H,23,24). The molecule has 158 valence electrons. The summed E-state index contributed by atoms with van der Waals surface area (Å²) in [6.07, 6.45) is 5.78. The molecule has 29 heavy (non-hydrogen) atoms. The van der Waals surface area contributed by atoms with Crippen LogP contribution in [0.1, 0.15) is 56.2 Å². The highest BCUT2D eigenvalue weighted by Gasteiger charge is 2.26. The van der Waals surface area contributed by atoms with Crippen molar-refractivity contribution in [1.82, 2.24) is 14.6 Å². The number of unbranched alkanes of at least 4 members (excludes halogenated alkanes) is 2. The topological polar surface area (TPSA) is 60.4 Å². The maximum Gasteiger partial charge on any atom is 0.183 e. The molecule has 0 radical (unpaired) electrons. The monoisotopic (exact) mass is 432 g/mol. The van der Waals surface area contributed by atoms with Gasteiger partial charge in [0.05, 0.1) is 35.0 Å². The molecule has 0 saturated carbocycles. The minimum absolute atomic E-state index is 0.0672. The second-order valence-corrected chi connectivity index (χ2v) is 9.99. The molecule has 0 fully saturated rings. The molecule has 0 bridgehead atoms. The van der Waals surface area contributed by atoms with Crippen LogP contribution in [0.25, 0.3) is 5.70 Å². The smallest absolute Gasteiger partial charge is 0.183 e. The molecule has 1 aromatic heterocycles. The second kappa shape index (κ2) is 10.4. The van der Waals surface area contributed by atoms with E-state index in [0.29, 0.717) is 0 Å². The first kappa shape index (κ1) is 22.0. The number of nitrogens with one attached hydrogen (secondary N) is 2. The van der Waals surface area contributed by atoms with Crippen molar-refractivity contribution in [2.75, 3.05) is 18.5 Å². The molecule has 0 unspecified atom stereocenters. The predicted octanol–water partition coefficient (Wildman–Crippen LogP) is 5.07. The van der Waals surface area contributed by atoms with Gasteiger partial charge in [-0.3, -0.25) is 0 Å². The molecule has 2 heterocycles. The molecule has 0 amide bonds. The minimum atomic E-state index is -0.394. The summed E-state index contributed by atoms with van der Waals surface area (Å²) in [6.45, 7) is 8.04. The molecule has 3 N–H and O–H groups in total. The lowest BCUT2D eigenvalue weighted by atomic mass is 10.1. The molecule has 0 saturated heterocycles. The zero-order valence-corrected chi connectivity index (χ0v) is 19.2. The Hall–Kier alpha value is -1.70. The fraction of sp³-hybridized carbons (Fsp3) is 0.500. The number of thiazole rings is 1. The van der Waals surface area contributed by atoms with Gasteiger partial charge in [-0.1, -0.05) is 61.4 Å². The fourth-order valence-electron chi connectivity index (χ4n) is 3.02. The fourth-order valence-corrected chi connectivity index (χ4v) is 4.88. The number of hydrogen-bond donors (Lipinski definition) is 3. The molecule has 5 nitrogen and oxygen atoms in total. The summed E-state index contributed by atoms with van der Waals surface area (Å²) in [5.41, 5.74) is 3.03. The van der Waals surface area contributed by atoms with Gasteiger partial charge in [0.2, 0.25) is 0 Å². The van der Waals surface area contributed by atoms with E-state index in [1.54, 1.807) is 23.3 Å². The highest BCUT2D eigenvalue weighted by molar-refractivity contribution is 7.96. The minimum Gasteiger partial charge on any atom is -0.394 e. The van der Waals surface area contributed by atoms with Crippen LogP contribution in [0, 0.1) is 0 Å². The van der Waals surface area contributed by atoms with E-state index in [0.717, 1.165) is 41.8 Å². The third-order valence-electron chi connectivity index (χ3n) is 4.69. The van der Waals surface area contributed by atoms with Gasteiger partial charge < -0.3 is 20.0 Å². The molecule has 0 spiro atoms. The molecule has 7 heteroatoms. The quantitative estimate of drug-likeness (QED) is 0.340. The van der Waals surface area contributed by atoms with Crippen LogP contribution in [0.2, 0.25) is 0 Å². The van der Waals surface area contributed by atoms with E-state index >= 15 is 0 Å². The Balaban J connectivity index is 1.73. The maximum absolute atomic E-state index is 9.73. The zero-order valence-electron chi connectivity index (χ0n) is 17.6. The summed E-state index contributed by atoms with van der Waals surface area (Å²) < 4.78 is 2.24. The van der Waals surface area contributed by atoms with Gasteiger partial charge in [-0.25, -0.2) is 4.98 Å². The van der Waals surface area contributed by atoms with E-state index in [4.69, 9.17) is 4.98 Å². The van der Waals surface area contributed by atoms with Crippen LogP contribution < -0.4 is 10.6 Å². The van der Waals surface area contributed by atoms with Crippen LogP contribution in [0.15, 0.2) is 36.5 Å². The number of nitrogens with zero attached hydrogens (tertiary/aromatic N) is 2. The third-order valence-corrected chi connectivity index (χ3v) is 6.80. The van der Waals surface area contributed by atoms with Crippen molar-refractivity contribution >= 4 is 34.1 Å². The van der Waals surface area contributed by atoms with Gasteiger partial charge in [-0.05, 0) is 37.8 Å². The van der Waals surface area contributed by atoms with E-state index in [-0.39, 0.29) is 6.61 Å². The van der Waals surface area contributed by atoms with Crippen LogP contribution in [0.4, 0.5) is 5.13 Å². The Labute approximate surface area is 182 Å². The van der Waals surface area contributed by atoms with Crippen molar-refractivity contribution in [3.8, 4) is 0 Å². The van der Waals surface area contributed by atoms with E-state index in [1.165, 1.54) is 23.3 Å². The first-order valence-corrected chi connectivity index (χ1v) is 12.0. The lowest BCUT2D eigenvalue weighted by Crippen LogP contribution is -2.42. The third kappa shape index (κ3) is 6.39. The molecule has 2 aromatic rings. The van der Waals surface area contributed by atoms with Crippen molar-refractivity contribution in [2.24, 2.45) is 0 Å². The number of fused-ring (bicyclic) bond motifs is 1. The SMILES string of the molecule is CCCCCNc1nc2c(s1)C(NC(C)(C)CO)=CN(SCc1ccccc1)C2. The summed E-state index contributed by atoms with van der Waals surface area (Å²) in [7, 11) is 0. The van der Waals surface area contributed by atoms with Crippen LogP contribution in [0.3, 0.4) is 0 Å². The maximum atomic E-state index is 9.73. The molecule has 3 rings (SSSR count). The molecule has 0 atom stereocenters. The van der Waals surface area contributed by atoms with Crippen molar-refractivity contribution in [3.63, 3.8) is 0 Å². The molecule has 0 aliphatic carbocycles. The number of benzene rings is 1. The predicted molar refractivity (Wildman–Crippen MR) is 126 cm³/mol. The molecule has 1 aromatic carbocycles. The lowest BCUT2D eigenvalue weighted by molar-refractivity contribution is 0.204. The van der Waals surface area contributed by atoms with Crippen molar-refractivity contribution < 1.29 is 5.11 Å². The van der Waals surface area contributed by atoms with Crippen molar-refractivity contribution in [2.45, 2.75) is 57.9 Å². The number of aliphatic hydroxyl groups is 1. The number of aromatic nitrogens is 1. The van der Waals surface area contributed by atoms with Crippen molar-refractivity contribution in [1.29, 1.82) is 0 Å². The Morgan fingerprint density at radius 2 is 2.03 bits per heavy atom. The average molecular weight is 433 g/mol. The molecular weight excluding hydrogens is 400 g/mol. The highest BCUT2D eigenvalue weighted by Crippen LogP contribution is 2.36. The van der Waals surface area contributed by atoms with Crippen LogP contribution in [0.5, 0.6) is 0 Å². The molecule has 1 aliphatic heterocycles. The first-order valence-electron chi connectivity index (χ1n) is 10.3. The van der Waals surface area contributed by atoms with E-state index in [1.807, 2.05) is 19.9 Å². The summed E-state index contributed by atoms with van der Waals surface area (Å²) in [5.74, 6) is 0.912. The Bertz CT molecular complexity index is 804. The van der Waals surface area contributed by atoms with Gasteiger partial charge in [0.15, 0.2) is 5.13 Å². The summed E-state index contributed by atoms with van der Waals surface area (Å²) in [5, 5.41) is 17.7. The lowest BCUT2D eigenvalue weighted by Gasteiger charge is -2.31. The summed E-state index contributed by atoms with van der Waals surface area (Å²) in [4.78, 5) is 6.04. The number of rotatable bonds is 11. The zero-order chi connectivity index (χ0) is 20.7. The van der Waals surface area contributed by atoms with E-state index in [9.17, 15) is 5.11 Å². The average Bonchev–Trinajstić information content (AvgIpc) is 3.13. The van der Waals surface area contributed by atoms with Gasteiger partial charge in [-0.15, -0.1) is 0 Å². The van der Waals surface area contributed by atoms with Gasteiger partial charge in [0, 0.05) is 18.5 Å². The van der Waals surface area contributed by atoms with Crippen molar-refractivity contribution in [3.05, 3.63) is 52.7 Å². The number of hydrogen-bond acceptors (Lipinski definition) is 7. The first-order chi connectivity index (χ1) is 14.0. The number of aliphatic hydroxyl groups excluding tert-OH is 1. The molecule has 1 aliphatic rings. The van der Waals surface area contributed by atoms with Gasteiger partial charge in [-0.2, -0.15) is 0 Å². The van der Waals surface area contributed by atoms with Crippen LogP contribution in [-0.2, 0) is 12.3 Å². The van der Waals surface area contributed by atoms with Crippen LogP contribution in [-0.4, -0.2) is 33.1 Å². The van der Waals surface area contributed by atoms with Gasteiger partial charge in [0.25, 0.3) is 0 Å². The Morgan fingerprint density at radius 3 is 2.76 bits per heavy atom. The largest absolute Gasteiger partial charge is 0.394 e. The molecular formula is C22H32N4OS2. The van der Waals surface area contributed by atoms with Gasteiger partial charge >= 0.3 is 0 Å². The summed E-state index contributed by atoms with van der Waals surface area (Å²) >= 11 is 3.48. The normalized spacial score (nSPS) is 13.8. The van der Waals surface area contributed by atoms with Crippen LogP contribution >= 0.6 is 23.3 Å².